The lowest BCUT2D eigenvalue weighted by molar-refractivity contribution is 0.151. The molecular weight excluding hydrogens is 308 g/mol. The Hall–Kier alpha value is -1.55. The number of nitrogens with one attached hydrogen (secondary N) is 1. The number of ether oxygens (including phenoxy) is 1. The van der Waals surface area contributed by atoms with Gasteiger partial charge >= 0.3 is 0 Å². The van der Waals surface area contributed by atoms with Gasteiger partial charge in [0.2, 0.25) is 0 Å². The van der Waals surface area contributed by atoms with Crippen LogP contribution in [0.3, 0.4) is 0 Å². The molecular formula is C19H25ClN2O. The minimum atomic E-state index is 0. The van der Waals surface area contributed by atoms with E-state index in [1.807, 2.05) is 12.1 Å². The van der Waals surface area contributed by atoms with E-state index in [4.69, 9.17) is 4.74 Å². The van der Waals surface area contributed by atoms with Gasteiger partial charge in [0.15, 0.2) is 0 Å². The summed E-state index contributed by atoms with van der Waals surface area (Å²) in [6, 6.07) is 17.6. The first-order valence-electron chi connectivity index (χ1n) is 7.91. The molecule has 2 aromatic rings. The zero-order valence-corrected chi connectivity index (χ0v) is 14.6. The van der Waals surface area contributed by atoms with E-state index in [1.54, 1.807) is 7.11 Å². The van der Waals surface area contributed by atoms with Crippen LogP contribution < -0.4 is 10.1 Å². The van der Waals surface area contributed by atoms with Crippen molar-refractivity contribution in [1.29, 1.82) is 0 Å². The molecule has 0 radical (unpaired) electrons. The maximum atomic E-state index is 5.56. The average Bonchev–Trinajstić information content (AvgIpc) is 2.57. The number of benzene rings is 2. The minimum Gasteiger partial charge on any atom is -0.496 e. The SMILES string of the molecule is COc1ccccc1C1CNCCN1Cc1ccc(C)cc1.Cl. The molecule has 0 saturated carbocycles. The Labute approximate surface area is 145 Å². The Morgan fingerprint density at radius 1 is 1.13 bits per heavy atom. The van der Waals surface area contributed by atoms with Crippen molar-refractivity contribution >= 4 is 12.4 Å². The largest absolute Gasteiger partial charge is 0.496 e. The number of methoxy groups -OCH3 is 1. The molecule has 1 unspecified atom stereocenters. The van der Waals surface area contributed by atoms with Gasteiger partial charge in [0, 0.05) is 31.7 Å². The zero-order chi connectivity index (χ0) is 15.4. The van der Waals surface area contributed by atoms with Gasteiger partial charge in [-0.1, -0.05) is 48.0 Å². The second-order valence-corrected chi connectivity index (χ2v) is 5.92. The molecule has 2 aromatic carbocycles. The standard InChI is InChI=1S/C19H24N2O.ClH/c1-15-7-9-16(10-8-15)14-21-12-11-20-13-18(21)17-5-3-4-6-19(17)22-2;/h3-10,18,20H,11-14H2,1-2H3;1H. The van der Waals surface area contributed by atoms with Crippen LogP contribution in [0.15, 0.2) is 48.5 Å². The number of rotatable bonds is 4. The summed E-state index contributed by atoms with van der Waals surface area (Å²) in [5.41, 5.74) is 3.95. The van der Waals surface area contributed by atoms with Crippen LogP contribution in [0.25, 0.3) is 0 Å². The summed E-state index contributed by atoms with van der Waals surface area (Å²) < 4.78 is 5.56. The number of nitrogens with zero attached hydrogens (tertiary/aromatic N) is 1. The van der Waals surface area contributed by atoms with Crippen LogP contribution in [-0.2, 0) is 6.54 Å². The van der Waals surface area contributed by atoms with Crippen LogP contribution in [0.5, 0.6) is 5.75 Å². The molecule has 4 heteroatoms. The summed E-state index contributed by atoms with van der Waals surface area (Å²) in [5, 5.41) is 3.51. The second kappa shape index (κ2) is 8.34. The number of hydrogen-bond donors (Lipinski definition) is 1. The smallest absolute Gasteiger partial charge is 0.123 e. The maximum Gasteiger partial charge on any atom is 0.123 e. The fraction of sp³-hybridized carbons (Fsp3) is 0.368. The van der Waals surface area contributed by atoms with E-state index in [2.05, 4.69) is 53.5 Å². The number of hydrogen-bond acceptors (Lipinski definition) is 3. The van der Waals surface area contributed by atoms with Crippen LogP contribution in [0.1, 0.15) is 22.7 Å². The van der Waals surface area contributed by atoms with Gasteiger partial charge in [-0.2, -0.15) is 0 Å². The Morgan fingerprint density at radius 3 is 2.61 bits per heavy atom. The Balaban J connectivity index is 0.00000192. The fourth-order valence-electron chi connectivity index (χ4n) is 3.11. The van der Waals surface area contributed by atoms with E-state index < -0.39 is 0 Å². The predicted octanol–water partition coefficient (Wildman–Crippen LogP) is 3.57. The number of piperazine rings is 1. The van der Waals surface area contributed by atoms with Gasteiger partial charge in [-0.05, 0) is 18.6 Å². The monoisotopic (exact) mass is 332 g/mol. The number of aryl methyl sites for hydroxylation is 1. The first kappa shape index (κ1) is 17.8. The van der Waals surface area contributed by atoms with Gasteiger partial charge in [0.25, 0.3) is 0 Å². The van der Waals surface area contributed by atoms with Gasteiger partial charge in [-0.3, -0.25) is 4.90 Å². The molecule has 0 aromatic heterocycles. The number of para-hydroxylation sites is 1. The molecule has 23 heavy (non-hydrogen) atoms. The van der Waals surface area contributed by atoms with E-state index in [0.717, 1.165) is 31.9 Å². The molecule has 1 aliphatic rings. The molecule has 0 bridgehead atoms. The molecule has 1 fully saturated rings. The van der Waals surface area contributed by atoms with Crippen molar-refractivity contribution < 1.29 is 4.74 Å². The molecule has 0 aliphatic carbocycles. The third-order valence-corrected chi connectivity index (χ3v) is 4.36. The third kappa shape index (κ3) is 4.25. The fourth-order valence-corrected chi connectivity index (χ4v) is 3.11. The summed E-state index contributed by atoms with van der Waals surface area (Å²) in [5.74, 6) is 0.977. The van der Waals surface area contributed by atoms with E-state index in [9.17, 15) is 0 Å². The van der Waals surface area contributed by atoms with Crippen LogP contribution in [0.4, 0.5) is 0 Å². The molecule has 124 valence electrons. The normalized spacial score (nSPS) is 18.3. The van der Waals surface area contributed by atoms with Crippen molar-refractivity contribution in [3.05, 3.63) is 65.2 Å². The van der Waals surface area contributed by atoms with Gasteiger partial charge in [-0.15, -0.1) is 12.4 Å². The molecule has 1 saturated heterocycles. The van der Waals surface area contributed by atoms with Crippen molar-refractivity contribution in [1.82, 2.24) is 10.2 Å². The first-order valence-corrected chi connectivity index (χ1v) is 7.91. The zero-order valence-electron chi connectivity index (χ0n) is 13.8. The summed E-state index contributed by atoms with van der Waals surface area (Å²) in [6.45, 7) is 6.16. The Kier molecular flexibility index (Phi) is 6.46. The lowest BCUT2D eigenvalue weighted by atomic mass is 10.0. The molecule has 3 rings (SSSR count). The Bertz CT molecular complexity index is 615. The van der Waals surface area contributed by atoms with Crippen molar-refractivity contribution in [2.24, 2.45) is 0 Å². The van der Waals surface area contributed by atoms with Crippen LogP contribution in [0, 0.1) is 6.92 Å². The van der Waals surface area contributed by atoms with Crippen molar-refractivity contribution in [2.75, 3.05) is 26.7 Å². The highest BCUT2D eigenvalue weighted by Crippen LogP contribution is 2.31. The van der Waals surface area contributed by atoms with Gasteiger partial charge in [0.1, 0.15) is 5.75 Å². The predicted molar refractivity (Wildman–Crippen MR) is 97.4 cm³/mol. The number of halogens is 1. The average molecular weight is 333 g/mol. The molecule has 3 nitrogen and oxygen atoms in total. The van der Waals surface area contributed by atoms with Crippen LogP contribution >= 0.6 is 12.4 Å². The van der Waals surface area contributed by atoms with Crippen LogP contribution in [-0.4, -0.2) is 31.6 Å². The molecule has 0 amide bonds. The van der Waals surface area contributed by atoms with E-state index in [0.29, 0.717) is 6.04 Å². The van der Waals surface area contributed by atoms with E-state index in [1.165, 1.54) is 16.7 Å². The molecule has 0 spiro atoms. The highest BCUT2D eigenvalue weighted by atomic mass is 35.5. The quantitative estimate of drug-likeness (QED) is 0.926. The summed E-state index contributed by atoms with van der Waals surface area (Å²) in [4.78, 5) is 2.54. The maximum absolute atomic E-state index is 5.56. The first-order chi connectivity index (χ1) is 10.8. The van der Waals surface area contributed by atoms with E-state index in [-0.39, 0.29) is 12.4 Å². The highest BCUT2D eigenvalue weighted by Gasteiger charge is 2.25. The summed E-state index contributed by atoms with van der Waals surface area (Å²) >= 11 is 0. The topological polar surface area (TPSA) is 24.5 Å². The van der Waals surface area contributed by atoms with E-state index >= 15 is 0 Å². The molecule has 1 atom stereocenters. The lowest BCUT2D eigenvalue weighted by Gasteiger charge is -2.37. The van der Waals surface area contributed by atoms with Gasteiger partial charge in [-0.25, -0.2) is 0 Å². The lowest BCUT2D eigenvalue weighted by Crippen LogP contribution is -2.45. The summed E-state index contributed by atoms with van der Waals surface area (Å²) in [7, 11) is 1.75. The van der Waals surface area contributed by atoms with Crippen molar-refractivity contribution in [3.63, 3.8) is 0 Å². The van der Waals surface area contributed by atoms with Gasteiger partial charge in [0.05, 0.1) is 13.2 Å². The highest BCUT2D eigenvalue weighted by molar-refractivity contribution is 5.85. The Morgan fingerprint density at radius 2 is 1.87 bits per heavy atom. The molecule has 1 heterocycles. The van der Waals surface area contributed by atoms with Crippen LogP contribution in [0.2, 0.25) is 0 Å². The minimum absolute atomic E-state index is 0. The molecule has 1 N–H and O–H groups in total. The van der Waals surface area contributed by atoms with Crippen molar-refractivity contribution in [2.45, 2.75) is 19.5 Å². The molecule has 1 aliphatic heterocycles. The third-order valence-electron chi connectivity index (χ3n) is 4.36. The second-order valence-electron chi connectivity index (χ2n) is 5.92. The summed E-state index contributed by atoms with van der Waals surface area (Å²) in [6.07, 6.45) is 0. The van der Waals surface area contributed by atoms with Gasteiger partial charge < -0.3 is 10.1 Å². The van der Waals surface area contributed by atoms with Crippen molar-refractivity contribution in [3.8, 4) is 5.75 Å².